The van der Waals surface area contributed by atoms with Gasteiger partial charge in [0.2, 0.25) is 0 Å². The van der Waals surface area contributed by atoms with Crippen molar-refractivity contribution in [2.24, 2.45) is 0 Å². The van der Waals surface area contributed by atoms with Gasteiger partial charge in [0.15, 0.2) is 5.13 Å². The molecule has 1 aromatic heterocycles. The first kappa shape index (κ1) is 11.0. The number of fused-ring (bicyclic) bond motifs is 1. The molecule has 0 bridgehead atoms. The second-order valence-electron chi connectivity index (χ2n) is 4.74. The first-order chi connectivity index (χ1) is 8.21. The summed E-state index contributed by atoms with van der Waals surface area (Å²) >= 11 is 1.54. The number of thiazole rings is 1. The Morgan fingerprint density at radius 3 is 2.94 bits per heavy atom. The lowest BCUT2D eigenvalue weighted by atomic mass is 9.75. The summed E-state index contributed by atoms with van der Waals surface area (Å²) in [6, 6.07) is 4.76. The average molecular weight is 250 g/mol. The normalized spacial score (nSPS) is 18.0. The van der Waals surface area contributed by atoms with E-state index in [2.05, 4.69) is 17.2 Å². The number of hydrogen-bond donors (Lipinski definition) is 1. The molecule has 3 rings (SSSR count). The van der Waals surface area contributed by atoms with Crippen molar-refractivity contribution in [3.63, 3.8) is 0 Å². The first-order valence-electron chi connectivity index (χ1n) is 6.05. The van der Waals surface area contributed by atoms with E-state index in [1.165, 1.54) is 25.3 Å². The van der Waals surface area contributed by atoms with Crippen LogP contribution in [0.25, 0.3) is 10.2 Å². The van der Waals surface area contributed by atoms with Gasteiger partial charge in [-0.05, 0) is 43.9 Å². The number of halogens is 1. The summed E-state index contributed by atoms with van der Waals surface area (Å²) in [5, 5.41) is 4.46. The molecule has 17 heavy (non-hydrogen) atoms. The standard InChI is InChI=1S/C13H15FN2S/c1-2-13(6-3-7-13)16-12-15-10-5-4-9(14)8-11(10)17-12/h4-5,8H,2-3,6-7H2,1H3,(H,15,16). The molecule has 1 aromatic carbocycles. The van der Waals surface area contributed by atoms with Crippen LogP contribution in [0.1, 0.15) is 32.6 Å². The lowest BCUT2D eigenvalue weighted by Crippen LogP contribution is -2.44. The number of anilines is 1. The number of aromatic nitrogens is 1. The highest BCUT2D eigenvalue weighted by Gasteiger charge is 2.35. The van der Waals surface area contributed by atoms with Gasteiger partial charge in [0.25, 0.3) is 0 Å². The molecular weight excluding hydrogens is 235 g/mol. The van der Waals surface area contributed by atoms with Gasteiger partial charge in [-0.2, -0.15) is 0 Å². The molecule has 4 heteroatoms. The Balaban J connectivity index is 1.90. The van der Waals surface area contributed by atoms with Crippen LogP contribution in [-0.2, 0) is 0 Å². The van der Waals surface area contributed by atoms with Crippen LogP contribution in [0.5, 0.6) is 0 Å². The molecular formula is C13H15FN2S. The van der Waals surface area contributed by atoms with Gasteiger partial charge in [0.1, 0.15) is 5.82 Å². The molecule has 1 heterocycles. The number of hydrogen-bond acceptors (Lipinski definition) is 3. The quantitative estimate of drug-likeness (QED) is 0.884. The Morgan fingerprint density at radius 2 is 2.29 bits per heavy atom. The summed E-state index contributed by atoms with van der Waals surface area (Å²) < 4.78 is 14.0. The zero-order chi connectivity index (χ0) is 11.9. The maximum atomic E-state index is 13.1. The summed E-state index contributed by atoms with van der Waals surface area (Å²) in [5.74, 6) is -0.193. The molecule has 1 aliphatic rings. The molecule has 0 atom stereocenters. The van der Waals surface area contributed by atoms with Crippen molar-refractivity contribution in [3.05, 3.63) is 24.0 Å². The van der Waals surface area contributed by atoms with Crippen LogP contribution in [0.2, 0.25) is 0 Å². The summed E-state index contributed by atoms with van der Waals surface area (Å²) in [7, 11) is 0. The van der Waals surface area contributed by atoms with E-state index in [9.17, 15) is 4.39 Å². The zero-order valence-corrected chi connectivity index (χ0v) is 10.6. The van der Waals surface area contributed by atoms with Crippen LogP contribution >= 0.6 is 11.3 Å². The van der Waals surface area contributed by atoms with E-state index in [0.29, 0.717) is 0 Å². The molecule has 1 fully saturated rings. The smallest absolute Gasteiger partial charge is 0.184 e. The minimum Gasteiger partial charge on any atom is -0.356 e. The third kappa shape index (κ3) is 1.90. The molecule has 1 saturated carbocycles. The summed E-state index contributed by atoms with van der Waals surface area (Å²) in [5.41, 5.74) is 1.12. The number of rotatable bonds is 3. The maximum Gasteiger partial charge on any atom is 0.184 e. The van der Waals surface area contributed by atoms with Crippen molar-refractivity contribution < 1.29 is 4.39 Å². The predicted molar refractivity (Wildman–Crippen MR) is 70.1 cm³/mol. The van der Waals surface area contributed by atoms with Crippen molar-refractivity contribution in [1.29, 1.82) is 0 Å². The molecule has 0 amide bonds. The monoisotopic (exact) mass is 250 g/mol. The van der Waals surface area contributed by atoms with Gasteiger partial charge in [-0.25, -0.2) is 9.37 Å². The van der Waals surface area contributed by atoms with Gasteiger partial charge < -0.3 is 5.32 Å². The Morgan fingerprint density at radius 1 is 1.47 bits per heavy atom. The minimum absolute atomic E-state index is 0.193. The molecule has 90 valence electrons. The fourth-order valence-corrected chi connectivity index (χ4v) is 3.36. The molecule has 0 spiro atoms. The number of nitrogens with one attached hydrogen (secondary N) is 1. The van der Waals surface area contributed by atoms with Gasteiger partial charge in [-0.15, -0.1) is 0 Å². The van der Waals surface area contributed by atoms with Gasteiger partial charge in [0, 0.05) is 5.54 Å². The molecule has 0 saturated heterocycles. The van der Waals surface area contributed by atoms with E-state index in [4.69, 9.17) is 0 Å². The second kappa shape index (κ2) is 3.95. The Hall–Kier alpha value is -1.16. The van der Waals surface area contributed by atoms with Crippen LogP contribution in [0.3, 0.4) is 0 Å². The fraction of sp³-hybridized carbons (Fsp3) is 0.462. The highest BCUT2D eigenvalue weighted by molar-refractivity contribution is 7.22. The third-order valence-corrected chi connectivity index (χ3v) is 4.64. The SMILES string of the molecule is CCC1(Nc2nc3ccc(F)cc3s2)CCC1. The van der Waals surface area contributed by atoms with Crippen molar-refractivity contribution in [1.82, 2.24) is 4.98 Å². The van der Waals surface area contributed by atoms with E-state index >= 15 is 0 Å². The van der Waals surface area contributed by atoms with Gasteiger partial charge >= 0.3 is 0 Å². The van der Waals surface area contributed by atoms with Crippen molar-refractivity contribution >= 4 is 26.7 Å². The average Bonchev–Trinajstić information content (AvgIpc) is 2.65. The molecule has 1 N–H and O–H groups in total. The second-order valence-corrected chi connectivity index (χ2v) is 5.77. The van der Waals surface area contributed by atoms with Gasteiger partial charge in [-0.3, -0.25) is 0 Å². The van der Waals surface area contributed by atoms with E-state index in [1.807, 2.05) is 0 Å². The zero-order valence-electron chi connectivity index (χ0n) is 9.79. The molecule has 1 aliphatic carbocycles. The van der Waals surface area contributed by atoms with Crippen LogP contribution < -0.4 is 5.32 Å². The molecule has 2 nitrogen and oxygen atoms in total. The first-order valence-corrected chi connectivity index (χ1v) is 6.87. The van der Waals surface area contributed by atoms with E-state index in [-0.39, 0.29) is 11.4 Å². The van der Waals surface area contributed by atoms with Crippen LogP contribution in [0, 0.1) is 5.82 Å². The van der Waals surface area contributed by atoms with Crippen molar-refractivity contribution in [2.45, 2.75) is 38.1 Å². The molecule has 0 radical (unpaired) electrons. The minimum atomic E-state index is -0.193. The number of benzene rings is 1. The van der Waals surface area contributed by atoms with Crippen molar-refractivity contribution in [3.8, 4) is 0 Å². The predicted octanol–water partition coefficient (Wildman–Crippen LogP) is 4.18. The van der Waals surface area contributed by atoms with Crippen LogP contribution in [0.4, 0.5) is 9.52 Å². The largest absolute Gasteiger partial charge is 0.356 e. The fourth-order valence-electron chi connectivity index (χ4n) is 2.35. The lowest BCUT2D eigenvalue weighted by molar-refractivity contribution is 0.269. The summed E-state index contributed by atoms with van der Waals surface area (Å²) in [6.45, 7) is 2.21. The third-order valence-electron chi connectivity index (χ3n) is 3.71. The Kier molecular flexibility index (Phi) is 2.54. The van der Waals surface area contributed by atoms with Crippen molar-refractivity contribution in [2.75, 3.05) is 5.32 Å². The topological polar surface area (TPSA) is 24.9 Å². The summed E-state index contributed by atoms with van der Waals surface area (Å²) in [4.78, 5) is 4.51. The van der Waals surface area contributed by atoms with Gasteiger partial charge in [0.05, 0.1) is 10.2 Å². The van der Waals surface area contributed by atoms with E-state index in [0.717, 1.165) is 21.8 Å². The Bertz CT molecular complexity index is 540. The highest BCUT2D eigenvalue weighted by atomic mass is 32.1. The lowest BCUT2D eigenvalue weighted by Gasteiger charge is -2.41. The highest BCUT2D eigenvalue weighted by Crippen LogP contribution is 2.39. The number of nitrogens with zero attached hydrogens (tertiary/aromatic N) is 1. The van der Waals surface area contributed by atoms with Crippen LogP contribution in [-0.4, -0.2) is 10.5 Å². The van der Waals surface area contributed by atoms with E-state index in [1.54, 1.807) is 23.5 Å². The molecule has 0 aliphatic heterocycles. The Labute approximate surface area is 104 Å². The molecule has 2 aromatic rings. The summed E-state index contributed by atoms with van der Waals surface area (Å²) in [6.07, 6.45) is 4.85. The van der Waals surface area contributed by atoms with E-state index < -0.39 is 0 Å². The van der Waals surface area contributed by atoms with Crippen LogP contribution in [0.15, 0.2) is 18.2 Å². The van der Waals surface area contributed by atoms with Gasteiger partial charge in [-0.1, -0.05) is 18.3 Å². The molecule has 0 unspecified atom stereocenters. The maximum absolute atomic E-state index is 13.1.